The van der Waals surface area contributed by atoms with E-state index in [0.717, 1.165) is 5.56 Å². The monoisotopic (exact) mass is 262 g/mol. The second kappa shape index (κ2) is 4.11. The van der Waals surface area contributed by atoms with E-state index in [1.54, 1.807) is 18.3 Å². The van der Waals surface area contributed by atoms with Crippen LogP contribution in [-0.2, 0) is 0 Å². The second-order valence-electron chi connectivity index (χ2n) is 3.51. The first-order chi connectivity index (χ1) is 8.75. The molecular formula is C10H7ClN6O. The maximum atomic E-state index is 5.84. The zero-order valence-corrected chi connectivity index (χ0v) is 9.74. The molecule has 3 rings (SSSR count). The van der Waals surface area contributed by atoms with Crippen LogP contribution in [0.4, 0.5) is 5.82 Å². The molecule has 8 heteroatoms. The van der Waals surface area contributed by atoms with Crippen LogP contribution in [0.3, 0.4) is 0 Å². The number of hydrogen-bond donors (Lipinski definition) is 1. The van der Waals surface area contributed by atoms with Crippen LogP contribution in [0.5, 0.6) is 0 Å². The maximum absolute atomic E-state index is 5.84. The average Bonchev–Trinajstić information content (AvgIpc) is 2.98. The molecule has 3 aromatic rings. The minimum Gasteiger partial charge on any atom is -0.378 e. The van der Waals surface area contributed by atoms with Crippen molar-refractivity contribution in [1.82, 2.24) is 25.3 Å². The number of nitrogens with zero attached hydrogens (tertiary/aromatic N) is 5. The van der Waals surface area contributed by atoms with Crippen LogP contribution in [0.1, 0.15) is 0 Å². The van der Waals surface area contributed by atoms with Crippen molar-refractivity contribution in [1.29, 1.82) is 0 Å². The molecule has 0 fully saturated rings. The van der Waals surface area contributed by atoms with E-state index in [-0.39, 0.29) is 5.82 Å². The third-order valence-corrected chi connectivity index (χ3v) is 2.64. The zero-order chi connectivity index (χ0) is 12.5. The lowest BCUT2D eigenvalue weighted by molar-refractivity contribution is 0.307. The van der Waals surface area contributed by atoms with Crippen LogP contribution in [0.2, 0.25) is 5.02 Å². The van der Waals surface area contributed by atoms with Crippen molar-refractivity contribution in [3.8, 4) is 17.1 Å². The molecule has 1 aromatic carbocycles. The Morgan fingerprint density at radius 1 is 1.17 bits per heavy atom. The van der Waals surface area contributed by atoms with E-state index < -0.39 is 0 Å². The van der Waals surface area contributed by atoms with Crippen molar-refractivity contribution < 1.29 is 4.63 Å². The van der Waals surface area contributed by atoms with Gasteiger partial charge in [-0.25, -0.2) is 4.63 Å². The lowest BCUT2D eigenvalue weighted by Gasteiger charge is -2.02. The summed E-state index contributed by atoms with van der Waals surface area (Å²) < 4.78 is 6.00. The Morgan fingerprint density at radius 2 is 1.94 bits per heavy atom. The average molecular weight is 263 g/mol. The van der Waals surface area contributed by atoms with Crippen molar-refractivity contribution in [3.63, 3.8) is 0 Å². The molecular weight excluding hydrogens is 256 g/mol. The van der Waals surface area contributed by atoms with Crippen molar-refractivity contribution in [2.24, 2.45) is 0 Å². The lowest BCUT2D eigenvalue weighted by Crippen LogP contribution is -2.03. The summed E-state index contributed by atoms with van der Waals surface area (Å²) in [6.45, 7) is 0. The summed E-state index contributed by atoms with van der Waals surface area (Å²) in [5, 5.41) is 15.6. The SMILES string of the molecule is Nc1nonc1-n1nncc1-c1ccc(Cl)cc1. The van der Waals surface area contributed by atoms with Gasteiger partial charge in [-0.3, -0.25) is 0 Å². The molecule has 0 amide bonds. The topological polar surface area (TPSA) is 95.7 Å². The highest BCUT2D eigenvalue weighted by molar-refractivity contribution is 6.30. The fourth-order valence-electron chi connectivity index (χ4n) is 1.55. The summed E-state index contributed by atoms with van der Waals surface area (Å²) >= 11 is 5.84. The first-order valence-electron chi connectivity index (χ1n) is 5.01. The fraction of sp³-hybridized carbons (Fsp3) is 0. The van der Waals surface area contributed by atoms with Gasteiger partial charge in [0.2, 0.25) is 11.6 Å². The Kier molecular flexibility index (Phi) is 2.45. The molecule has 2 aromatic heterocycles. The molecule has 2 N–H and O–H groups in total. The van der Waals surface area contributed by atoms with E-state index in [9.17, 15) is 0 Å². The summed E-state index contributed by atoms with van der Waals surface area (Å²) in [6.07, 6.45) is 1.59. The Hall–Kier alpha value is -2.41. The van der Waals surface area contributed by atoms with E-state index >= 15 is 0 Å². The number of halogens is 1. The molecule has 7 nitrogen and oxygen atoms in total. The van der Waals surface area contributed by atoms with Crippen LogP contribution >= 0.6 is 11.6 Å². The number of anilines is 1. The van der Waals surface area contributed by atoms with Gasteiger partial charge in [-0.05, 0) is 22.4 Å². The summed E-state index contributed by atoms with van der Waals surface area (Å²) in [7, 11) is 0. The van der Waals surface area contributed by atoms with Gasteiger partial charge in [-0.1, -0.05) is 28.9 Å². The highest BCUT2D eigenvalue weighted by Crippen LogP contribution is 2.23. The Morgan fingerprint density at radius 3 is 2.61 bits per heavy atom. The van der Waals surface area contributed by atoms with Gasteiger partial charge in [0.15, 0.2) is 0 Å². The fourth-order valence-corrected chi connectivity index (χ4v) is 1.67. The molecule has 0 aliphatic rings. The number of rotatable bonds is 2. The van der Waals surface area contributed by atoms with Gasteiger partial charge in [-0.2, -0.15) is 4.68 Å². The van der Waals surface area contributed by atoms with E-state index in [1.165, 1.54) is 4.68 Å². The maximum Gasteiger partial charge on any atom is 0.243 e. The van der Waals surface area contributed by atoms with Gasteiger partial charge in [0, 0.05) is 10.6 Å². The Labute approximate surface area is 106 Å². The standard InChI is InChI=1S/C10H7ClN6O/c11-7-3-1-6(2-4-7)8-5-13-16-17(8)10-9(12)14-18-15-10/h1-5H,(H2,12,14). The van der Waals surface area contributed by atoms with E-state index in [4.69, 9.17) is 17.3 Å². The molecule has 0 saturated carbocycles. The van der Waals surface area contributed by atoms with Gasteiger partial charge in [0.1, 0.15) is 0 Å². The normalized spacial score (nSPS) is 10.7. The highest BCUT2D eigenvalue weighted by Gasteiger charge is 2.15. The molecule has 18 heavy (non-hydrogen) atoms. The summed E-state index contributed by atoms with van der Waals surface area (Å²) in [4.78, 5) is 0. The summed E-state index contributed by atoms with van der Waals surface area (Å²) in [6, 6.07) is 7.25. The predicted octanol–water partition coefficient (Wildman–Crippen LogP) is 1.55. The van der Waals surface area contributed by atoms with Crippen molar-refractivity contribution in [3.05, 3.63) is 35.5 Å². The molecule has 0 atom stereocenters. The molecule has 0 saturated heterocycles. The van der Waals surface area contributed by atoms with Crippen molar-refractivity contribution in [2.45, 2.75) is 0 Å². The van der Waals surface area contributed by atoms with E-state index in [2.05, 4.69) is 25.3 Å². The third kappa shape index (κ3) is 1.70. The Bertz CT molecular complexity index is 674. The van der Waals surface area contributed by atoms with Crippen LogP contribution in [0.25, 0.3) is 17.1 Å². The quantitative estimate of drug-likeness (QED) is 0.753. The first-order valence-corrected chi connectivity index (χ1v) is 5.38. The zero-order valence-electron chi connectivity index (χ0n) is 8.99. The smallest absolute Gasteiger partial charge is 0.243 e. The van der Waals surface area contributed by atoms with Crippen LogP contribution < -0.4 is 5.73 Å². The molecule has 0 aliphatic carbocycles. The molecule has 0 unspecified atom stereocenters. The lowest BCUT2D eigenvalue weighted by atomic mass is 10.2. The van der Waals surface area contributed by atoms with Crippen molar-refractivity contribution in [2.75, 3.05) is 5.73 Å². The third-order valence-electron chi connectivity index (χ3n) is 2.39. The number of nitrogens with two attached hydrogens (primary N) is 1. The molecule has 0 spiro atoms. The second-order valence-corrected chi connectivity index (χ2v) is 3.95. The van der Waals surface area contributed by atoms with Crippen LogP contribution in [-0.4, -0.2) is 25.3 Å². The summed E-state index contributed by atoms with van der Waals surface area (Å²) in [5.41, 5.74) is 7.22. The molecule has 0 bridgehead atoms. The van der Waals surface area contributed by atoms with Gasteiger partial charge >= 0.3 is 0 Å². The largest absolute Gasteiger partial charge is 0.378 e. The van der Waals surface area contributed by atoms with E-state index in [0.29, 0.717) is 16.5 Å². The first kappa shape index (κ1) is 10.7. The van der Waals surface area contributed by atoms with Crippen LogP contribution in [0, 0.1) is 0 Å². The van der Waals surface area contributed by atoms with Crippen LogP contribution in [0.15, 0.2) is 35.1 Å². The number of hydrogen-bond acceptors (Lipinski definition) is 6. The van der Waals surface area contributed by atoms with Gasteiger partial charge in [0.05, 0.1) is 11.9 Å². The van der Waals surface area contributed by atoms with Gasteiger partial charge < -0.3 is 5.73 Å². The summed E-state index contributed by atoms with van der Waals surface area (Å²) in [5.74, 6) is 0.452. The van der Waals surface area contributed by atoms with E-state index in [1.807, 2.05) is 12.1 Å². The van der Waals surface area contributed by atoms with Gasteiger partial charge in [-0.15, -0.1) is 5.10 Å². The minimum atomic E-state index is 0.149. The molecule has 0 radical (unpaired) electrons. The number of nitrogen functional groups attached to an aromatic ring is 1. The van der Waals surface area contributed by atoms with Crippen molar-refractivity contribution >= 4 is 17.4 Å². The number of benzene rings is 1. The number of aromatic nitrogens is 5. The molecule has 2 heterocycles. The Balaban J connectivity index is 2.12. The molecule has 90 valence electrons. The predicted molar refractivity (Wildman–Crippen MR) is 64.1 cm³/mol. The highest BCUT2D eigenvalue weighted by atomic mass is 35.5. The molecule has 0 aliphatic heterocycles. The minimum absolute atomic E-state index is 0.149. The van der Waals surface area contributed by atoms with Gasteiger partial charge in [0.25, 0.3) is 0 Å².